The highest BCUT2D eigenvalue weighted by Gasteiger charge is 2.29. The third kappa shape index (κ3) is 1.30. The summed E-state index contributed by atoms with van der Waals surface area (Å²) in [6.45, 7) is 7.33. The first-order chi connectivity index (χ1) is 6.11. The van der Waals surface area contributed by atoms with Crippen LogP contribution in [0.25, 0.3) is 0 Å². The van der Waals surface area contributed by atoms with Crippen LogP contribution >= 0.6 is 0 Å². The van der Waals surface area contributed by atoms with Crippen LogP contribution in [0.5, 0.6) is 5.75 Å². The van der Waals surface area contributed by atoms with E-state index in [-0.39, 0.29) is 5.41 Å². The minimum atomic E-state index is 0.237. The second kappa shape index (κ2) is 2.72. The first kappa shape index (κ1) is 8.54. The Kier molecular flexibility index (Phi) is 1.79. The molecule has 70 valence electrons. The number of fused-ring (bicyclic) bond motifs is 1. The van der Waals surface area contributed by atoms with E-state index in [1.54, 1.807) is 0 Å². The number of pyridine rings is 1. The molecule has 2 rings (SSSR count). The normalized spacial score (nSPS) is 19.0. The second-order valence-corrected chi connectivity index (χ2v) is 4.26. The summed E-state index contributed by atoms with van der Waals surface area (Å²) in [6.07, 6.45) is 2.95. The van der Waals surface area contributed by atoms with E-state index in [1.807, 2.05) is 13.1 Å². The molecule has 0 N–H and O–H groups in total. The SMILES string of the molecule is Cc1nccc2c1OCCC2(C)C. The van der Waals surface area contributed by atoms with Crippen LogP contribution in [0.2, 0.25) is 0 Å². The Balaban J connectivity index is 2.58. The lowest BCUT2D eigenvalue weighted by Gasteiger charge is -2.32. The number of aromatic nitrogens is 1. The molecule has 0 amide bonds. The maximum absolute atomic E-state index is 5.63. The van der Waals surface area contributed by atoms with Gasteiger partial charge in [0.25, 0.3) is 0 Å². The molecule has 0 fully saturated rings. The number of hydrogen-bond donors (Lipinski definition) is 0. The molecule has 2 nitrogen and oxygen atoms in total. The lowest BCUT2D eigenvalue weighted by molar-refractivity contribution is 0.231. The minimum absolute atomic E-state index is 0.237. The van der Waals surface area contributed by atoms with Crippen LogP contribution in [0.3, 0.4) is 0 Å². The molecule has 13 heavy (non-hydrogen) atoms. The van der Waals surface area contributed by atoms with Gasteiger partial charge >= 0.3 is 0 Å². The van der Waals surface area contributed by atoms with E-state index in [1.165, 1.54) is 5.56 Å². The highest BCUT2D eigenvalue weighted by molar-refractivity contribution is 5.42. The van der Waals surface area contributed by atoms with Crippen molar-refractivity contribution in [3.05, 3.63) is 23.5 Å². The molecule has 0 spiro atoms. The van der Waals surface area contributed by atoms with E-state index in [4.69, 9.17) is 4.74 Å². The number of rotatable bonds is 0. The summed E-state index contributed by atoms with van der Waals surface area (Å²) < 4.78 is 5.63. The second-order valence-electron chi connectivity index (χ2n) is 4.26. The van der Waals surface area contributed by atoms with E-state index in [2.05, 4.69) is 24.9 Å². The summed E-state index contributed by atoms with van der Waals surface area (Å²) in [5.74, 6) is 0.999. The molecule has 0 saturated heterocycles. The summed E-state index contributed by atoms with van der Waals surface area (Å²) in [5.41, 5.74) is 2.54. The number of aryl methyl sites for hydroxylation is 1. The number of hydrogen-bond acceptors (Lipinski definition) is 2. The standard InChI is InChI=1S/C11H15NO/c1-8-10-9(4-6-12-8)11(2,3)5-7-13-10/h4,6H,5,7H2,1-3H3. The average molecular weight is 177 g/mol. The maximum atomic E-state index is 5.63. The van der Waals surface area contributed by atoms with Crippen molar-refractivity contribution in [3.8, 4) is 5.75 Å². The molecule has 2 heterocycles. The Labute approximate surface area is 78.9 Å². The third-order valence-electron chi connectivity index (χ3n) is 2.79. The van der Waals surface area contributed by atoms with Crippen LogP contribution in [0.1, 0.15) is 31.5 Å². The van der Waals surface area contributed by atoms with Crippen LogP contribution < -0.4 is 4.74 Å². The molecule has 2 heteroatoms. The smallest absolute Gasteiger partial charge is 0.144 e. The minimum Gasteiger partial charge on any atom is -0.491 e. The van der Waals surface area contributed by atoms with Gasteiger partial charge in [0, 0.05) is 11.8 Å². The van der Waals surface area contributed by atoms with Gasteiger partial charge < -0.3 is 4.74 Å². The van der Waals surface area contributed by atoms with Crippen molar-refractivity contribution < 1.29 is 4.74 Å². The highest BCUT2D eigenvalue weighted by atomic mass is 16.5. The fourth-order valence-corrected chi connectivity index (χ4v) is 1.81. The molecule has 1 aromatic heterocycles. The summed E-state index contributed by atoms with van der Waals surface area (Å²) in [5, 5.41) is 0. The zero-order chi connectivity index (χ0) is 9.47. The van der Waals surface area contributed by atoms with Crippen molar-refractivity contribution in [2.45, 2.75) is 32.6 Å². The quantitative estimate of drug-likeness (QED) is 0.607. The van der Waals surface area contributed by atoms with Crippen molar-refractivity contribution in [1.29, 1.82) is 0 Å². The van der Waals surface area contributed by atoms with Gasteiger partial charge in [-0.1, -0.05) is 13.8 Å². The van der Waals surface area contributed by atoms with Gasteiger partial charge in [0.1, 0.15) is 5.75 Å². The molecule has 1 aliphatic rings. The molecule has 0 unspecified atom stereocenters. The van der Waals surface area contributed by atoms with Gasteiger partial charge in [-0.3, -0.25) is 4.98 Å². The van der Waals surface area contributed by atoms with E-state index >= 15 is 0 Å². The van der Waals surface area contributed by atoms with E-state index in [9.17, 15) is 0 Å². The Morgan fingerprint density at radius 2 is 2.23 bits per heavy atom. The van der Waals surface area contributed by atoms with Crippen molar-refractivity contribution in [2.75, 3.05) is 6.61 Å². The number of ether oxygens (including phenoxy) is 1. The largest absolute Gasteiger partial charge is 0.491 e. The van der Waals surface area contributed by atoms with Gasteiger partial charge in [0.15, 0.2) is 0 Å². The van der Waals surface area contributed by atoms with Gasteiger partial charge in [-0.25, -0.2) is 0 Å². The Bertz CT molecular complexity index is 331. The predicted molar refractivity (Wildman–Crippen MR) is 52.1 cm³/mol. The fourth-order valence-electron chi connectivity index (χ4n) is 1.81. The van der Waals surface area contributed by atoms with Crippen molar-refractivity contribution in [3.63, 3.8) is 0 Å². The Morgan fingerprint density at radius 1 is 1.46 bits per heavy atom. The molecule has 0 radical (unpaired) electrons. The molecule has 0 bridgehead atoms. The Morgan fingerprint density at radius 3 is 2.92 bits per heavy atom. The van der Waals surface area contributed by atoms with Crippen LogP contribution in [-0.4, -0.2) is 11.6 Å². The van der Waals surface area contributed by atoms with Crippen LogP contribution in [0, 0.1) is 6.92 Å². The molecule has 1 aromatic rings. The van der Waals surface area contributed by atoms with Crippen molar-refractivity contribution in [2.24, 2.45) is 0 Å². The van der Waals surface area contributed by atoms with E-state index in [0.29, 0.717) is 0 Å². The topological polar surface area (TPSA) is 22.1 Å². The van der Waals surface area contributed by atoms with Gasteiger partial charge in [-0.15, -0.1) is 0 Å². The van der Waals surface area contributed by atoms with Crippen LogP contribution in [0.4, 0.5) is 0 Å². The summed E-state index contributed by atoms with van der Waals surface area (Å²) in [6, 6.07) is 2.07. The molecular formula is C11H15NO. The molecule has 0 saturated carbocycles. The first-order valence-corrected chi connectivity index (χ1v) is 4.70. The summed E-state index contributed by atoms with van der Waals surface area (Å²) >= 11 is 0. The third-order valence-corrected chi connectivity index (χ3v) is 2.79. The van der Waals surface area contributed by atoms with Gasteiger partial charge in [0.2, 0.25) is 0 Å². The molecule has 1 aliphatic heterocycles. The molecular weight excluding hydrogens is 162 g/mol. The van der Waals surface area contributed by atoms with E-state index < -0.39 is 0 Å². The van der Waals surface area contributed by atoms with Crippen molar-refractivity contribution in [1.82, 2.24) is 4.98 Å². The van der Waals surface area contributed by atoms with Gasteiger partial charge in [-0.2, -0.15) is 0 Å². The van der Waals surface area contributed by atoms with Gasteiger partial charge in [0.05, 0.1) is 12.3 Å². The fraction of sp³-hybridized carbons (Fsp3) is 0.545. The predicted octanol–water partition coefficient (Wildman–Crippen LogP) is 2.45. The van der Waals surface area contributed by atoms with E-state index in [0.717, 1.165) is 24.5 Å². The lowest BCUT2D eigenvalue weighted by atomic mass is 9.80. The average Bonchev–Trinajstić information content (AvgIpc) is 2.06. The Hall–Kier alpha value is -1.05. The maximum Gasteiger partial charge on any atom is 0.144 e. The molecule has 0 atom stereocenters. The zero-order valence-electron chi connectivity index (χ0n) is 8.42. The number of nitrogens with zero attached hydrogens (tertiary/aromatic N) is 1. The highest BCUT2D eigenvalue weighted by Crippen LogP contribution is 2.38. The van der Waals surface area contributed by atoms with Crippen LogP contribution in [-0.2, 0) is 5.41 Å². The van der Waals surface area contributed by atoms with Gasteiger partial charge in [-0.05, 0) is 24.8 Å². The monoisotopic (exact) mass is 177 g/mol. The molecule has 0 aliphatic carbocycles. The summed E-state index contributed by atoms with van der Waals surface area (Å²) in [4.78, 5) is 4.23. The summed E-state index contributed by atoms with van der Waals surface area (Å²) in [7, 11) is 0. The molecule has 0 aromatic carbocycles. The van der Waals surface area contributed by atoms with Crippen LogP contribution in [0.15, 0.2) is 12.3 Å². The zero-order valence-corrected chi connectivity index (χ0v) is 8.42. The van der Waals surface area contributed by atoms with Crippen molar-refractivity contribution >= 4 is 0 Å². The lowest BCUT2D eigenvalue weighted by Crippen LogP contribution is -2.27. The first-order valence-electron chi connectivity index (χ1n) is 4.70.